The van der Waals surface area contributed by atoms with Crippen LogP contribution in [0.3, 0.4) is 0 Å². The van der Waals surface area contributed by atoms with Gasteiger partial charge in [-0.3, -0.25) is 9.59 Å². The van der Waals surface area contributed by atoms with Gasteiger partial charge in [0.1, 0.15) is 0 Å². The van der Waals surface area contributed by atoms with E-state index in [9.17, 15) is 24.6 Å². The minimum absolute atomic E-state index is 0.102. The first-order valence-corrected chi connectivity index (χ1v) is 14.0. The quantitative estimate of drug-likeness (QED) is 0.566. The predicted molar refractivity (Wildman–Crippen MR) is 128 cm³/mol. The lowest BCUT2D eigenvalue weighted by molar-refractivity contribution is -0.198. The van der Waals surface area contributed by atoms with Gasteiger partial charge in [0.2, 0.25) is 0 Å². The molecule has 1 aliphatic heterocycles. The molecule has 5 rings (SSSR count). The van der Waals surface area contributed by atoms with Crippen LogP contribution < -0.4 is 0 Å². The number of fused-ring (bicyclic) bond motifs is 5. The number of hydrogen-bond donors (Lipinski definition) is 2. The molecule has 0 bridgehead atoms. The molecule has 196 valence electrons. The Hall–Kier alpha value is -1.47. The molecule has 0 spiro atoms. The Labute approximate surface area is 208 Å². The van der Waals surface area contributed by atoms with Crippen molar-refractivity contribution in [1.82, 2.24) is 5.06 Å². The summed E-state index contributed by atoms with van der Waals surface area (Å²) >= 11 is 0. The third kappa shape index (κ3) is 4.05. The van der Waals surface area contributed by atoms with E-state index in [1.807, 2.05) is 0 Å². The molecule has 0 aromatic carbocycles. The van der Waals surface area contributed by atoms with E-state index in [1.54, 1.807) is 0 Å². The van der Waals surface area contributed by atoms with Crippen molar-refractivity contribution >= 4 is 17.8 Å². The number of nitrogens with zero attached hydrogens (tertiary/aromatic N) is 1. The van der Waals surface area contributed by atoms with Crippen molar-refractivity contribution in [2.45, 2.75) is 110 Å². The average Bonchev–Trinajstić information content (AvgIpc) is 3.34. The Morgan fingerprint density at radius 2 is 1.74 bits per heavy atom. The first kappa shape index (κ1) is 25.2. The summed E-state index contributed by atoms with van der Waals surface area (Å²) in [7, 11) is 0. The Morgan fingerprint density at radius 1 is 1.03 bits per heavy atom. The van der Waals surface area contributed by atoms with Crippen LogP contribution in [0.15, 0.2) is 0 Å². The van der Waals surface area contributed by atoms with Crippen molar-refractivity contribution in [2.24, 2.45) is 46.3 Å². The molecule has 4 saturated carbocycles. The fourth-order valence-corrected chi connectivity index (χ4v) is 9.51. The number of rotatable bonds is 5. The molecular weight excluding hydrogens is 446 g/mol. The molecule has 0 aromatic heterocycles. The highest BCUT2D eigenvalue weighted by Gasteiger charge is 2.63. The smallest absolute Gasteiger partial charge is 0.333 e. The molecule has 7 heteroatoms. The van der Waals surface area contributed by atoms with Crippen LogP contribution in [0.4, 0.5) is 0 Å². The standard InChI is InChI=1S/C28H43NO6/c1-16(4-11-26(34)35-29-24(32)9-10-25(29)33)20-7-8-21-19-6-5-17-14-18(30)12-13-27(17,2)22(19)15-23(31)28(20,21)3/h16-23,30-31H,4-15H2,1-3H3/t16-,17-,18-,19?,20?,21?,22?,23+,27+,28-/m1/s1. The van der Waals surface area contributed by atoms with Gasteiger partial charge in [-0.15, -0.1) is 5.06 Å². The molecule has 35 heavy (non-hydrogen) atoms. The van der Waals surface area contributed by atoms with Crippen LogP contribution in [0.5, 0.6) is 0 Å². The number of hydrogen-bond acceptors (Lipinski definition) is 6. The highest BCUT2D eigenvalue weighted by molar-refractivity contribution is 6.01. The van der Waals surface area contributed by atoms with Crippen molar-refractivity contribution in [1.29, 1.82) is 0 Å². The minimum atomic E-state index is -0.532. The lowest BCUT2D eigenvalue weighted by Gasteiger charge is -2.62. The van der Waals surface area contributed by atoms with Crippen molar-refractivity contribution in [3.05, 3.63) is 0 Å². The first-order valence-electron chi connectivity index (χ1n) is 14.0. The van der Waals surface area contributed by atoms with E-state index >= 15 is 0 Å². The Morgan fingerprint density at radius 3 is 2.46 bits per heavy atom. The molecule has 0 aromatic rings. The highest BCUT2D eigenvalue weighted by Crippen LogP contribution is 2.68. The van der Waals surface area contributed by atoms with E-state index in [0.29, 0.717) is 41.1 Å². The summed E-state index contributed by atoms with van der Waals surface area (Å²) in [4.78, 5) is 40.9. The third-order valence-electron chi connectivity index (χ3n) is 11.5. The molecule has 7 nitrogen and oxygen atoms in total. The Kier molecular flexibility index (Phi) is 6.57. The van der Waals surface area contributed by atoms with Crippen molar-refractivity contribution < 1.29 is 29.4 Å². The number of amides is 2. The summed E-state index contributed by atoms with van der Waals surface area (Å²) in [6.45, 7) is 6.91. The zero-order valence-corrected chi connectivity index (χ0v) is 21.6. The van der Waals surface area contributed by atoms with Crippen molar-refractivity contribution in [3.63, 3.8) is 0 Å². The minimum Gasteiger partial charge on any atom is -0.393 e. The summed E-state index contributed by atoms with van der Waals surface area (Å²) in [5.41, 5.74) is 0.0745. The van der Waals surface area contributed by atoms with Gasteiger partial charge in [-0.25, -0.2) is 4.79 Å². The molecule has 1 saturated heterocycles. The van der Waals surface area contributed by atoms with E-state index in [2.05, 4.69) is 20.8 Å². The van der Waals surface area contributed by atoms with Crippen LogP contribution in [-0.2, 0) is 19.2 Å². The van der Waals surface area contributed by atoms with Gasteiger partial charge in [-0.2, -0.15) is 0 Å². The second-order valence-corrected chi connectivity index (χ2v) is 12.9. The summed E-state index contributed by atoms with van der Waals surface area (Å²) in [5, 5.41) is 22.6. The van der Waals surface area contributed by atoms with Crippen LogP contribution in [0.2, 0.25) is 0 Å². The molecule has 0 radical (unpaired) electrons. The van der Waals surface area contributed by atoms with Gasteiger partial charge in [-0.1, -0.05) is 20.8 Å². The maximum atomic E-state index is 12.4. The number of carbonyl (C=O) groups is 3. The van der Waals surface area contributed by atoms with E-state index in [4.69, 9.17) is 4.84 Å². The van der Waals surface area contributed by atoms with Gasteiger partial charge in [0.05, 0.1) is 12.2 Å². The van der Waals surface area contributed by atoms with Gasteiger partial charge >= 0.3 is 5.97 Å². The van der Waals surface area contributed by atoms with Crippen LogP contribution in [0, 0.1) is 46.3 Å². The molecule has 5 fully saturated rings. The van der Waals surface area contributed by atoms with Crippen LogP contribution in [0.1, 0.15) is 97.8 Å². The van der Waals surface area contributed by atoms with E-state index in [1.165, 1.54) is 12.8 Å². The van der Waals surface area contributed by atoms with Crippen molar-refractivity contribution in [3.8, 4) is 0 Å². The van der Waals surface area contributed by atoms with Gasteiger partial charge in [0.15, 0.2) is 0 Å². The number of hydroxylamine groups is 2. The third-order valence-corrected chi connectivity index (χ3v) is 11.5. The van der Waals surface area contributed by atoms with Gasteiger partial charge in [0, 0.05) is 19.3 Å². The van der Waals surface area contributed by atoms with Gasteiger partial charge < -0.3 is 15.1 Å². The molecule has 1 heterocycles. The predicted octanol–water partition coefficient (Wildman–Crippen LogP) is 4.00. The molecule has 4 unspecified atom stereocenters. The van der Waals surface area contributed by atoms with Crippen LogP contribution in [0.25, 0.3) is 0 Å². The van der Waals surface area contributed by atoms with E-state index < -0.39 is 17.8 Å². The summed E-state index contributed by atoms with van der Waals surface area (Å²) in [5.74, 6) is 1.39. The fourth-order valence-electron chi connectivity index (χ4n) is 9.51. The maximum absolute atomic E-state index is 12.4. The normalized spacial score (nSPS) is 46.1. The van der Waals surface area contributed by atoms with E-state index in [-0.39, 0.29) is 48.2 Å². The van der Waals surface area contributed by atoms with Gasteiger partial charge in [-0.05, 0) is 104 Å². The molecule has 2 N–H and O–H groups in total. The zero-order valence-electron chi connectivity index (χ0n) is 21.6. The second kappa shape index (κ2) is 9.13. The number of carbonyl (C=O) groups excluding carboxylic acids is 3. The second-order valence-electron chi connectivity index (χ2n) is 12.9. The number of aliphatic hydroxyl groups excluding tert-OH is 2. The van der Waals surface area contributed by atoms with Crippen LogP contribution >= 0.6 is 0 Å². The summed E-state index contributed by atoms with van der Waals surface area (Å²) in [6.07, 6.45) is 8.81. The number of imide groups is 1. The number of aliphatic hydroxyl groups is 2. The maximum Gasteiger partial charge on any atom is 0.333 e. The molecular formula is C28H43NO6. The Balaban J connectivity index is 1.24. The topological polar surface area (TPSA) is 104 Å². The largest absolute Gasteiger partial charge is 0.393 e. The van der Waals surface area contributed by atoms with Gasteiger partial charge in [0.25, 0.3) is 11.8 Å². The average molecular weight is 490 g/mol. The SMILES string of the molecule is C[C@H](CCC(=O)ON1C(=O)CCC1=O)C1CCC2C3CC[C@@H]4C[C@H](O)CC[C@]4(C)C3C[C@H](O)[C@@]21C. The summed E-state index contributed by atoms with van der Waals surface area (Å²) < 4.78 is 0. The Bertz CT molecular complexity index is 860. The molecule has 2 amide bonds. The molecule has 5 aliphatic rings. The monoisotopic (exact) mass is 489 g/mol. The zero-order chi connectivity index (χ0) is 25.1. The first-order chi connectivity index (χ1) is 16.6. The van der Waals surface area contributed by atoms with E-state index in [0.717, 1.165) is 38.5 Å². The lowest BCUT2D eigenvalue weighted by Crippen LogP contribution is -2.58. The van der Waals surface area contributed by atoms with Crippen molar-refractivity contribution in [2.75, 3.05) is 0 Å². The summed E-state index contributed by atoms with van der Waals surface area (Å²) in [6, 6.07) is 0. The highest BCUT2D eigenvalue weighted by atomic mass is 16.7. The molecule has 10 atom stereocenters. The van der Waals surface area contributed by atoms with Crippen LogP contribution in [-0.4, -0.2) is 45.3 Å². The fraction of sp³-hybridized carbons (Fsp3) is 0.893. The lowest BCUT2D eigenvalue weighted by atomic mass is 9.43. The molecule has 4 aliphatic carbocycles.